The first-order valence-electron chi connectivity index (χ1n) is 9.62. The molecule has 1 N–H and O–H groups in total. The number of alkyl halides is 3. The number of thiazole rings is 1. The van der Waals surface area contributed by atoms with Gasteiger partial charge in [0.15, 0.2) is 4.80 Å². The zero-order valence-electron chi connectivity index (χ0n) is 17.2. The van der Waals surface area contributed by atoms with Gasteiger partial charge in [0.2, 0.25) is 5.91 Å². The van der Waals surface area contributed by atoms with E-state index in [1.807, 2.05) is 0 Å². The lowest BCUT2D eigenvalue weighted by molar-refractivity contribution is -0.274. The molecule has 0 radical (unpaired) electrons. The summed E-state index contributed by atoms with van der Waals surface area (Å²) in [6.07, 6.45) is -2.79. The van der Waals surface area contributed by atoms with Gasteiger partial charge in [0.25, 0.3) is 5.91 Å². The van der Waals surface area contributed by atoms with Crippen LogP contribution in [0.4, 0.5) is 13.2 Å². The zero-order chi connectivity index (χ0) is 24.0. The van der Waals surface area contributed by atoms with E-state index in [2.05, 4.69) is 20.0 Å². The van der Waals surface area contributed by atoms with Crippen LogP contribution in [0.1, 0.15) is 23.7 Å². The minimum Gasteiger partial charge on any atom is -0.406 e. The molecule has 7 nitrogen and oxygen atoms in total. The van der Waals surface area contributed by atoms with E-state index in [1.165, 1.54) is 54.8 Å². The molecule has 12 heteroatoms. The van der Waals surface area contributed by atoms with Gasteiger partial charge in [-0.05, 0) is 48.4 Å². The SMILES string of the molecule is CC(=O)NCCCn1c(-c2ccc(OC(F)(F)F)cc2)csc1=NC(=O)c1cccnc1Cl. The van der Waals surface area contributed by atoms with Crippen molar-refractivity contribution in [3.63, 3.8) is 0 Å². The predicted molar refractivity (Wildman–Crippen MR) is 117 cm³/mol. The third kappa shape index (κ3) is 6.90. The van der Waals surface area contributed by atoms with Gasteiger partial charge < -0.3 is 14.6 Å². The first-order chi connectivity index (χ1) is 15.6. The Morgan fingerprint density at radius 3 is 2.61 bits per heavy atom. The van der Waals surface area contributed by atoms with E-state index in [1.54, 1.807) is 16.0 Å². The highest BCUT2D eigenvalue weighted by atomic mass is 35.5. The molecule has 0 aliphatic rings. The number of hydrogen-bond donors (Lipinski definition) is 1. The van der Waals surface area contributed by atoms with Crippen LogP contribution in [0.3, 0.4) is 0 Å². The molecule has 0 aliphatic carbocycles. The van der Waals surface area contributed by atoms with Crippen LogP contribution in [0.25, 0.3) is 11.3 Å². The van der Waals surface area contributed by atoms with Gasteiger partial charge in [-0.1, -0.05) is 11.6 Å². The fourth-order valence-corrected chi connectivity index (χ4v) is 4.02. The monoisotopic (exact) mass is 498 g/mol. The fraction of sp³-hybridized carbons (Fsp3) is 0.238. The number of pyridine rings is 1. The van der Waals surface area contributed by atoms with Crippen molar-refractivity contribution >= 4 is 34.8 Å². The second kappa shape index (κ2) is 10.6. The highest BCUT2D eigenvalue weighted by Crippen LogP contribution is 2.27. The van der Waals surface area contributed by atoms with E-state index in [0.29, 0.717) is 35.6 Å². The van der Waals surface area contributed by atoms with Crippen molar-refractivity contribution < 1.29 is 27.5 Å². The summed E-state index contributed by atoms with van der Waals surface area (Å²) in [6, 6.07) is 8.46. The number of benzene rings is 1. The summed E-state index contributed by atoms with van der Waals surface area (Å²) >= 11 is 7.18. The standard InChI is InChI=1S/C21H18ClF3N4O3S/c1-13(30)26-10-3-11-29-17(14-5-7-15(8-6-14)32-21(23,24)25)12-33-20(29)28-19(31)16-4-2-9-27-18(16)22/h2,4-9,12H,3,10-11H2,1H3,(H,26,30). The zero-order valence-corrected chi connectivity index (χ0v) is 18.8. The first kappa shape index (κ1) is 24.5. The quantitative estimate of drug-likeness (QED) is 0.386. The number of carbonyl (C=O) groups excluding carboxylic acids is 2. The highest BCUT2D eigenvalue weighted by Gasteiger charge is 2.31. The molecule has 1 aromatic carbocycles. The lowest BCUT2D eigenvalue weighted by Crippen LogP contribution is -2.24. The summed E-state index contributed by atoms with van der Waals surface area (Å²) in [5.41, 5.74) is 1.39. The van der Waals surface area contributed by atoms with Crippen LogP contribution in [-0.4, -0.2) is 34.3 Å². The molecule has 0 saturated heterocycles. The summed E-state index contributed by atoms with van der Waals surface area (Å²) in [4.78, 5) is 32.2. The fourth-order valence-electron chi connectivity index (χ4n) is 2.89. The van der Waals surface area contributed by atoms with E-state index >= 15 is 0 Å². The van der Waals surface area contributed by atoms with Gasteiger partial charge in [-0.2, -0.15) is 4.99 Å². The Morgan fingerprint density at radius 1 is 1.24 bits per heavy atom. The minimum absolute atomic E-state index is 0.0282. The molecule has 0 spiro atoms. The molecular formula is C21H18ClF3N4O3S. The molecule has 2 amide bonds. The third-order valence-electron chi connectivity index (χ3n) is 4.30. The summed E-state index contributed by atoms with van der Waals surface area (Å²) in [5, 5.41) is 4.47. The van der Waals surface area contributed by atoms with Gasteiger partial charge >= 0.3 is 6.36 Å². The van der Waals surface area contributed by atoms with Crippen LogP contribution in [0, 0.1) is 0 Å². The van der Waals surface area contributed by atoms with Crippen LogP contribution in [0.15, 0.2) is 53.0 Å². The number of rotatable bonds is 7. The number of ether oxygens (including phenoxy) is 1. The van der Waals surface area contributed by atoms with E-state index < -0.39 is 12.3 Å². The smallest absolute Gasteiger partial charge is 0.406 e. The molecular weight excluding hydrogens is 481 g/mol. The van der Waals surface area contributed by atoms with Crippen LogP contribution in [0.2, 0.25) is 5.15 Å². The van der Waals surface area contributed by atoms with E-state index in [9.17, 15) is 22.8 Å². The molecule has 0 fully saturated rings. The molecule has 0 aliphatic heterocycles. The predicted octanol–water partition coefficient (Wildman–Crippen LogP) is 4.43. The lowest BCUT2D eigenvalue weighted by Gasteiger charge is -2.11. The molecule has 0 unspecified atom stereocenters. The Morgan fingerprint density at radius 2 is 1.97 bits per heavy atom. The third-order valence-corrected chi connectivity index (χ3v) is 5.47. The maximum Gasteiger partial charge on any atom is 0.573 e. The highest BCUT2D eigenvalue weighted by molar-refractivity contribution is 7.07. The summed E-state index contributed by atoms with van der Waals surface area (Å²) < 4.78 is 43.0. The second-order valence-corrected chi connectivity index (χ2v) is 7.92. The van der Waals surface area contributed by atoms with Crippen molar-refractivity contribution in [2.75, 3.05) is 6.54 Å². The first-order valence-corrected chi connectivity index (χ1v) is 10.9. The number of aromatic nitrogens is 2. The second-order valence-electron chi connectivity index (χ2n) is 6.72. The Hall–Kier alpha value is -3.18. The maximum absolute atomic E-state index is 12.7. The van der Waals surface area contributed by atoms with E-state index in [-0.39, 0.29) is 22.4 Å². The average molecular weight is 499 g/mol. The van der Waals surface area contributed by atoms with E-state index in [0.717, 1.165) is 0 Å². The van der Waals surface area contributed by atoms with Gasteiger partial charge in [0, 0.05) is 31.6 Å². The van der Waals surface area contributed by atoms with Crippen LogP contribution in [0.5, 0.6) is 5.75 Å². The van der Waals surface area contributed by atoms with Crippen molar-refractivity contribution in [3.05, 3.63) is 63.5 Å². The summed E-state index contributed by atoms with van der Waals surface area (Å²) in [7, 11) is 0. The van der Waals surface area contributed by atoms with Crippen molar-refractivity contribution in [3.8, 4) is 17.0 Å². The van der Waals surface area contributed by atoms with Crippen LogP contribution >= 0.6 is 22.9 Å². The van der Waals surface area contributed by atoms with Gasteiger partial charge in [-0.3, -0.25) is 9.59 Å². The lowest BCUT2D eigenvalue weighted by atomic mass is 10.1. The van der Waals surface area contributed by atoms with Gasteiger partial charge in [0.1, 0.15) is 10.9 Å². The maximum atomic E-state index is 12.7. The number of nitrogens with one attached hydrogen (secondary N) is 1. The van der Waals surface area contributed by atoms with Gasteiger partial charge in [0.05, 0.1) is 11.3 Å². The number of amides is 2. The molecule has 3 aromatic rings. The largest absolute Gasteiger partial charge is 0.573 e. The van der Waals surface area contributed by atoms with Crippen molar-refractivity contribution in [1.82, 2.24) is 14.9 Å². The minimum atomic E-state index is -4.78. The van der Waals surface area contributed by atoms with Crippen LogP contribution in [-0.2, 0) is 11.3 Å². The van der Waals surface area contributed by atoms with Crippen molar-refractivity contribution in [2.45, 2.75) is 26.3 Å². The number of halogens is 4. The molecule has 33 heavy (non-hydrogen) atoms. The number of nitrogens with zero attached hydrogens (tertiary/aromatic N) is 3. The molecule has 0 atom stereocenters. The molecule has 174 valence electrons. The summed E-state index contributed by atoms with van der Waals surface area (Å²) in [6.45, 7) is 2.20. The Kier molecular flexibility index (Phi) is 7.88. The Labute approximate surface area is 195 Å². The molecule has 2 aromatic heterocycles. The van der Waals surface area contributed by atoms with Crippen LogP contribution < -0.4 is 14.9 Å². The average Bonchev–Trinajstić information content (AvgIpc) is 3.13. The Bertz CT molecular complexity index is 1210. The number of hydrogen-bond acceptors (Lipinski definition) is 5. The van der Waals surface area contributed by atoms with E-state index in [4.69, 9.17) is 11.6 Å². The molecule has 0 saturated carbocycles. The molecule has 2 heterocycles. The van der Waals surface area contributed by atoms with Gasteiger partial charge in [-0.25, -0.2) is 4.98 Å². The van der Waals surface area contributed by atoms with Crippen molar-refractivity contribution in [2.24, 2.45) is 4.99 Å². The topological polar surface area (TPSA) is 85.6 Å². The summed E-state index contributed by atoms with van der Waals surface area (Å²) in [5.74, 6) is -1.09. The van der Waals surface area contributed by atoms with Gasteiger partial charge in [-0.15, -0.1) is 24.5 Å². The normalized spacial score (nSPS) is 12.0. The Balaban J connectivity index is 1.95. The van der Waals surface area contributed by atoms with Crippen molar-refractivity contribution in [1.29, 1.82) is 0 Å². The number of carbonyl (C=O) groups is 2. The molecule has 3 rings (SSSR count). The molecule has 0 bridgehead atoms.